The molecule has 0 unspecified atom stereocenters. The smallest absolute Gasteiger partial charge is 0.416 e. The van der Waals surface area contributed by atoms with Crippen molar-refractivity contribution in [2.24, 2.45) is 5.92 Å². The molecular weight excluding hydrogens is 445 g/mol. The van der Waals surface area contributed by atoms with E-state index in [0.717, 1.165) is 30.3 Å². The number of nitrogens with zero attached hydrogens (tertiary/aromatic N) is 2. The van der Waals surface area contributed by atoms with Crippen molar-refractivity contribution in [2.45, 2.75) is 25.1 Å². The third kappa shape index (κ3) is 3.62. The van der Waals surface area contributed by atoms with E-state index in [0.29, 0.717) is 19.6 Å². The molecule has 0 aliphatic carbocycles. The van der Waals surface area contributed by atoms with Gasteiger partial charge in [0.25, 0.3) is 11.5 Å². The van der Waals surface area contributed by atoms with Gasteiger partial charge in [-0.3, -0.25) is 9.59 Å². The molecule has 2 aromatic heterocycles. The number of piperidine rings is 1. The Hall–Kier alpha value is -3.00. The molecule has 5 nitrogen and oxygen atoms in total. The zero-order chi connectivity index (χ0) is 22.6. The molecule has 1 aromatic carbocycles. The number of furan rings is 1. The van der Waals surface area contributed by atoms with Crippen LogP contribution in [0.15, 0.2) is 57.7 Å². The van der Waals surface area contributed by atoms with Gasteiger partial charge in [-0.25, -0.2) is 0 Å². The first-order valence-corrected chi connectivity index (χ1v) is 10.5. The van der Waals surface area contributed by atoms with Crippen LogP contribution in [0, 0.1) is 5.92 Å². The van der Waals surface area contributed by atoms with Gasteiger partial charge in [0.2, 0.25) is 0 Å². The van der Waals surface area contributed by atoms with Crippen LogP contribution < -0.4 is 5.56 Å². The van der Waals surface area contributed by atoms with E-state index < -0.39 is 11.7 Å². The standard InChI is InChI=1S/C23H18ClF3N2O3/c24-17-5-4-15(23(25,26)27)9-16(17)19-6-7-20(32-19)22(31)28-10-13-8-14(12-28)18-2-1-3-21(30)29(18)11-13/h1-7,9,13-14H,8,10-12H2/t13-,14-/m1/s1. The summed E-state index contributed by atoms with van der Waals surface area (Å²) in [4.78, 5) is 27.0. The number of carbonyl (C=O) groups is 1. The van der Waals surface area contributed by atoms with Crippen molar-refractivity contribution in [3.05, 3.63) is 80.9 Å². The summed E-state index contributed by atoms with van der Waals surface area (Å²) in [5.41, 5.74) is 0.107. The van der Waals surface area contributed by atoms with Gasteiger partial charge in [-0.05, 0) is 48.7 Å². The maximum atomic E-state index is 13.1. The number of fused-ring (bicyclic) bond motifs is 4. The Morgan fingerprint density at radius 3 is 2.66 bits per heavy atom. The first-order chi connectivity index (χ1) is 15.2. The summed E-state index contributed by atoms with van der Waals surface area (Å²) in [6.45, 7) is 1.48. The fraction of sp³-hybridized carbons (Fsp3) is 0.304. The third-order valence-electron chi connectivity index (χ3n) is 6.14. The van der Waals surface area contributed by atoms with Crippen LogP contribution in [-0.2, 0) is 12.7 Å². The quantitative estimate of drug-likeness (QED) is 0.536. The van der Waals surface area contributed by atoms with E-state index >= 15 is 0 Å². The Morgan fingerprint density at radius 2 is 1.88 bits per heavy atom. The summed E-state index contributed by atoms with van der Waals surface area (Å²) in [6.07, 6.45) is -3.62. The highest BCUT2D eigenvalue weighted by atomic mass is 35.5. The van der Waals surface area contributed by atoms with Crippen LogP contribution >= 0.6 is 11.6 Å². The van der Waals surface area contributed by atoms with Crippen molar-refractivity contribution in [1.29, 1.82) is 0 Å². The Bertz CT molecular complexity index is 1260. The van der Waals surface area contributed by atoms with Gasteiger partial charge in [-0.2, -0.15) is 13.2 Å². The molecular formula is C23H18ClF3N2O3. The maximum Gasteiger partial charge on any atom is 0.416 e. The largest absolute Gasteiger partial charge is 0.451 e. The summed E-state index contributed by atoms with van der Waals surface area (Å²) in [6, 6.07) is 11.1. The van der Waals surface area contributed by atoms with E-state index in [1.165, 1.54) is 18.2 Å². The number of hydrogen-bond acceptors (Lipinski definition) is 3. The summed E-state index contributed by atoms with van der Waals surface area (Å²) < 4.78 is 46.7. The molecule has 5 rings (SSSR count). The van der Waals surface area contributed by atoms with Crippen molar-refractivity contribution >= 4 is 17.5 Å². The molecule has 3 aromatic rings. The van der Waals surface area contributed by atoms with E-state index in [4.69, 9.17) is 16.0 Å². The van der Waals surface area contributed by atoms with Gasteiger partial charge in [0.05, 0.1) is 10.6 Å². The van der Waals surface area contributed by atoms with Gasteiger partial charge in [-0.15, -0.1) is 0 Å². The molecule has 2 aliphatic rings. The molecule has 0 saturated carbocycles. The second-order valence-corrected chi connectivity index (χ2v) is 8.67. The summed E-state index contributed by atoms with van der Waals surface area (Å²) >= 11 is 6.09. The average molecular weight is 463 g/mol. The number of benzene rings is 1. The molecule has 166 valence electrons. The molecule has 1 fully saturated rings. The molecule has 0 spiro atoms. The molecule has 2 atom stereocenters. The number of pyridine rings is 1. The Balaban J connectivity index is 1.40. The molecule has 2 bridgehead atoms. The molecule has 1 saturated heterocycles. The number of aromatic nitrogens is 1. The minimum atomic E-state index is -4.52. The minimum absolute atomic E-state index is 0.0365. The topological polar surface area (TPSA) is 55.5 Å². The average Bonchev–Trinajstić information content (AvgIpc) is 3.23. The number of halogens is 4. The number of hydrogen-bond donors (Lipinski definition) is 0. The second-order valence-electron chi connectivity index (χ2n) is 8.26. The number of alkyl halides is 3. The lowest BCUT2D eigenvalue weighted by Crippen LogP contribution is -2.49. The van der Waals surface area contributed by atoms with E-state index in [1.807, 2.05) is 6.07 Å². The first kappa shape index (κ1) is 20.9. The van der Waals surface area contributed by atoms with Gasteiger partial charge in [0, 0.05) is 42.9 Å². The van der Waals surface area contributed by atoms with Crippen LogP contribution in [0.25, 0.3) is 11.3 Å². The minimum Gasteiger partial charge on any atom is -0.451 e. The predicted molar refractivity (Wildman–Crippen MR) is 112 cm³/mol. The van der Waals surface area contributed by atoms with E-state index in [-0.39, 0.29) is 45.4 Å². The number of rotatable bonds is 2. The zero-order valence-corrected chi connectivity index (χ0v) is 17.5. The van der Waals surface area contributed by atoms with Gasteiger partial charge in [0.1, 0.15) is 5.76 Å². The lowest BCUT2D eigenvalue weighted by atomic mass is 9.83. The molecule has 0 radical (unpaired) electrons. The maximum absolute atomic E-state index is 13.1. The van der Waals surface area contributed by atoms with E-state index in [9.17, 15) is 22.8 Å². The van der Waals surface area contributed by atoms with Gasteiger partial charge in [-0.1, -0.05) is 17.7 Å². The first-order valence-electron chi connectivity index (χ1n) is 10.2. The fourth-order valence-corrected chi connectivity index (χ4v) is 4.92. The van der Waals surface area contributed by atoms with Crippen molar-refractivity contribution in [3.63, 3.8) is 0 Å². The van der Waals surface area contributed by atoms with E-state index in [1.54, 1.807) is 15.5 Å². The van der Waals surface area contributed by atoms with Gasteiger partial charge < -0.3 is 13.9 Å². The number of carbonyl (C=O) groups excluding carboxylic acids is 1. The van der Waals surface area contributed by atoms with Crippen LogP contribution in [0.5, 0.6) is 0 Å². The number of likely N-dealkylation sites (tertiary alicyclic amines) is 1. The Kier molecular flexibility index (Phi) is 4.93. The highest BCUT2D eigenvalue weighted by molar-refractivity contribution is 6.33. The monoisotopic (exact) mass is 462 g/mol. The van der Waals surface area contributed by atoms with Crippen LogP contribution in [0.4, 0.5) is 13.2 Å². The molecule has 4 heterocycles. The van der Waals surface area contributed by atoms with Crippen molar-refractivity contribution in [3.8, 4) is 11.3 Å². The van der Waals surface area contributed by atoms with Crippen LogP contribution in [0.1, 0.15) is 34.2 Å². The highest BCUT2D eigenvalue weighted by Crippen LogP contribution is 2.38. The Morgan fingerprint density at radius 1 is 1.06 bits per heavy atom. The fourth-order valence-electron chi connectivity index (χ4n) is 4.71. The predicted octanol–water partition coefficient (Wildman–Crippen LogP) is 5.04. The highest BCUT2D eigenvalue weighted by Gasteiger charge is 2.37. The molecule has 1 amide bonds. The lowest BCUT2D eigenvalue weighted by molar-refractivity contribution is -0.137. The molecule has 2 aliphatic heterocycles. The Labute approximate surface area is 186 Å². The van der Waals surface area contributed by atoms with Gasteiger partial charge >= 0.3 is 6.18 Å². The summed E-state index contributed by atoms with van der Waals surface area (Å²) in [5, 5.41) is 0.0981. The normalized spacial score (nSPS) is 20.2. The molecule has 9 heteroatoms. The molecule has 0 N–H and O–H groups in total. The zero-order valence-electron chi connectivity index (χ0n) is 16.7. The lowest BCUT2D eigenvalue weighted by Gasteiger charge is -2.42. The summed E-state index contributed by atoms with van der Waals surface area (Å²) in [7, 11) is 0. The van der Waals surface area contributed by atoms with E-state index in [2.05, 4.69) is 0 Å². The van der Waals surface area contributed by atoms with Crippen LogP contribution in [-0.4, -0.2) is 28.5 Å². The van der Waals surface area contributed by atoms with Gasteiger partial charge in [0.15, 0.2) is 5.76 Å². The SMILES string of the molecule is O=C(c1ccc(-c2cc(C(F)(F)F)ccc2Cl)o1)N1C[C@H]2C[C@H](C1)c1cccc(=O)n1C2. The van der Waals surface area contributed by atoms with Crippen LogP contribution in [0.2, 0.25) is 5.02 Å². The van der Waals surface area contributed by atoms with Crippen molar-refractivity contribution in [1.82, 2.24) is 9.47 Å². The second kappa shape index (κ2) is 7.55. The van der Waals surface area contributed by atoms with Crippen molar-refractivity contribution < 1.29 is 22.4 Å². The summed E-state index contributed by atoms with van der Waals surface area (Å²) in [5.74, 6) is 0.00331. The third-order valence-corrected chi connectivity index (χ3v) is 6.47. The van der Waals surface area contributed by atoms with Crippen LogP contribution in [0.3, 0.4) is 0 Å². The number of amides is 1. The van der Waals surface area contributed by atoms with Crippen molar-refractivity contribution in [2.75, 3.05) is 13.1 Å². The molecule has 32 heavy (non-hydrogen) atoms.